The molecule has 4 rings (SSSR count). The number of anilines is 1. The molecule has 0 bridgehead atoms. The van der Waals surface area contributed by atoms with Crippen LogP contribution < -0.4 is 5.32 Å². The van der Waals surface area contributed by atoms with Crippen molar-refractivity contribution in [3.05, 3.63) is 65.7 Å². The molecule has 2 atom stereocenters. The molecule has 30 heavy (non-hydrogen) atoms. The number of amides is 2. The largest absolute Gasteiger partial charge is 0.324 e. The highest BCUT2D eigenvalue weighted by molar-refractivity contribution is 7.90. The Bertz CT molecular complexity index is 994. The van der Waals surface area contributed by atoms with E-state index in [1.807, 2.05) is 61.5 Å². The van der Waals surface area contributed by atoms with Gasteiger partial charge < -0.3 is 10.2 Å². The van der Waals surface area contributed by atoms with Crippen molar-refractivity contribution >= 4 is 21.7 Å². The maximum Gasteiger partial charge on any atom is 0.321 e. The van der Waals surface area contributed by atoms with E-state index in [9.17, 15) is 13.2 Å². The Morgan fingerprint density at radius 3 is 2.50 bits per heavy atom. The minimum Gasteiger partial charge on any atom is -0.324 e. The summed E-state index contributed by atoms with van der Waals surface area (Å²) < 4.78 is 27.9. The highest BCUT2D eigenvalue weighted by Crippen LogP contribution is 2.34. The Kier molecular flexibility index (Phi) is 6.11. The molecule has 0 aromatic heterocycles. The number of nitrogens with zero attached hydrogens (tertiary/aromatic N) is 2. The highest BCUT2D eigenvalue weighted by atomic mass is 32.2. The summed E-state index contributed by atoms with van der Waals surface area (Å²) >= 11 is 0. The predicted octanol–water partition coefficient (Wildman–Crippen LogP) is 3.50. The molecule has 0 radical (unpaired) electrons. The molecule has 2 heterocycles. The number of hydrogen-bond donors (Lipinski definition) is 1. The monoisotopic (exact) mass is 427 g/mol. The second-order valence-electron chi connectivity index (χ2n) is 8.25. The van der Waals surface area contributed by atoms with Crippen molar-refractivity contribution in [2.75, 3.05) is 31.5 Å². The normalized spacial score (nSPS) is 23.6. The molecule has 2 aliphatic rings. The van der Waals surface area contributed by atoms with Gasteiger partial charge in [-0.15, -0.1) is 0 Å². The summed E-state index contributed by atoms with van der Waals surface area (Å²) in [5.41, 5.74) is 2.96. The zero-order valence-corrected chi connectivity index (χ0v) is 18.1. The van der Waals surface area contributed by atoms with E-state index < -0.39 is 10.0 Å². The van der Waals surface area contributed by atoms with Crippen LogP contribution in [0.1, 0.15) is 24.0 Å². The number of carbonyl (C=O) groups excluding carboxylic acids is 1. The Morgan fingerprint density at radius 2 is 1.73 bits per heavy atom. The first kappa shape index (κ1) is 20.9. The molecule has 0 saturated carbocycles. The number of urea groups is 1. The van der Waals surface area contributed by atoms with E-state index in [0.29, 0.717) is 39.0 Å². The third-order valence-electron chi connectivity index (χ3n) is 6.33. The summed E-state index contributed by atoms with van der Waals surface area (Å²) in [6, 6.07) is 17.5. The average molecular weight is 428 g/mol. The molecule has 2 aliphatic heterocycles. The molecule has 2 fully saturated rings. The summed E-state index contributed by atoms with van der Waals surface area (Å²) in [6.45, 7) is 4.09. The number of nitrogens with one attached hydrogen (secondary N) is 1. The quantitative estimate of drug-likeness (QED) is 0.812. The van der Waals surface area contributed by atoms with Crippen LogP contribution in [0, 0.1) is 12.8 Å². The van der Waals surface area contributed by atoms with E-state index in [1.54, 1.807) is 9.21 Å². The van der Waals surface area contributed by atoms with E-state index in [2.05, 4.69) is 5.32 Å². The van der Waals surface area contributed by atoms with Crippen LogP contribution in [0.25, 0.3) is 0 Å². The minimum absolute atomic E-state index is 0.0852. The van der Waals surface area contributed by atoms with Gasteiger partial charge in [0.15, 0.2) is 0 Å². The highest BCUT2D eigenvalue weighted by Gasteiger charge is 2.46. The lowest BCUT2D eigenvalue weighted by Crippen LogP contribution is -2.37. The van der Waals surface area contributed by atoms with Gasteiger partial charge in [0.2, 0.25) is 10.0 Å². The van der Waals surface area contributed by atoms with Crippen LogP contribution in [0.4, 0.5) is 10.5 Å². The molecule has 2 saturated heterocycles. The predicted molar refractivity (Wildman–Crippen MR) is 119 cm³/mol. The van der Waals surface area contributed by atoms with Crippen molar-refractivity contribution in [1.82, 2.24) is 9.21 Å². The second-order valence-corrected chi connectivity index (χ2v) is 10.4. The fourth-order valence-electron chi connectivity index (χ4n) is 4.52. The number of likely N-dealkylation sites (tertiary alicyclic amines) is 1. The van der Waals surface area contributed by atoms with E-state index in [1.165, 1.54) is 0 Å². The molecule has 2 aromatic carbocycles. The third-order valence-corrected chi connectivity index (χ3v) is 8.76. The second kappa shape index (κ2) is 8.78. The Morgan fingerprint density at radius 1 is 1.03 bits per heavy atom. The number of benzene rings is 2. The van der Waals surface area contributed by atoms with Gasteiger partial charge in [-0.05, 0) is 49.3 Å². The number of carbonyl (C=O) groups is 1. The van der Waals surface area contributed by atoms with E-state index in [-0.39, 0.29) is 17.2 Å². The molecule has 0 aliphatic carbocycles. The minimum atomic E-state index is -3.32. The molecule has 2 amide bonds. The van der Waals surface area contributed by atoms with Gasteiger partial charge in [-0.2, -0.15) is 0 Å². The van der Waals surface area contributed by atoms with Crippen LogP contribution in [0.15, 0.2) is 54.6 Å². The van der Waals surface area contributed by atoms with E-state index >= 15 is 0 Å². The van der Waals surface area contributed by atoms with Crippen LogP contribution in [-0.2, 0) is 16.4 Å². The van der Waals surface area contributed by atoms with Crippen molar-refractivity contribution in [1.29, 1.82) is 0 Å². The van der Waals surface area contributed by atoms with Crippen LogP contribution in [0.3, 0.4) is 0 Å². The van der Waals surface area contributed by atoms with Gasteiger partial charge in [0.05, 0.1) is 5.25 Å². The molecular formula is C23H29N3O3S. The van der Waals surface area contributed by atoms with Gasteiger partial charge in [-0.1, -0.05) is 48.5 Å². The lowest BCUT2D eigenvalue weighted by molar-refractivity contribution is 0.212. The number of sulfonamides is 1. The van der Waals surface area contributed by atoms with Crippen molar-refractivity contribution in [2.24, 2.45) is 5.92 Å². The van der Waals surface area contributed by atoms with Crippen molar-refractivity contribution in [3.63, 3.8) is 0 Å². The van der Waals surface area contributed by atoms with Gasteiger partial charge in [-0.3, -0.25) is 0 Å². The Labute approximate surface area is 178 Å². The van der Waals surface area contributed by atoms with Crippen molar-refractivity contribution in [2.45, 2.75) is 31.4 Å². The molecule has 160 valence electrons. The van der Waals surface area contributed by atoms with Crippen LogP contribution in [0.2, 0.25) is 0 Å². The lowest BCUT2D eigenvalue weighted by atomic mass is 10.0. The van der Waals surface area contributed by atoms with Gasteiger partial charge in [0.1, 0.15) is 0 Å². The standard InChI is InChI=1S/C23H29N3O3S/c1-18-7-5-6-10-21(18)24-23(27)25-14-12-20-17-26(30(28,29)22(20)13-15-25)16-11-19-8-3-2-4-9-19/h2-10,20,22H,11-17H2,1H3,(H,24,27)/t20-,22-/m1/s1. The summed E-state index contributed by atoms with van der Waals surface area (Å²) in [5, 5.41) is 2.58. The van der Waals surface area contributed by atoms with Gasteiger partial charge in [-0.25, -0.2) is 17.5 Å². The van der Waals surface area contributed by atoms with Gasteiger partial charge in [0, 0.05) is 31.9 Å². The number of aryl methyl sites for hydroxylation is 1. The van der Waals surface area contributed by atoms with Gasteiger partial charge in [0.25, 0.3) is 0 Å². The van der Waals surface area contributed by atoms with Gasteiger partial charge >= 0.3 is 6.03 Å². The molecule has 0 unspecified atom stereocenters. The summed E-state index contributed by atoms with van der Waals surface area (Å²) in [4.78, 5) is 14.5. The number of para-hydroxylation sites is 1. The molecule has 6 nitrogen and oxygen atoms in total. The zero-order valence-electron chi connectivity index (χ0n) is 17.3. The fourth-order valence-corrected chi connectivity index (χ4v) is 6.76. The average Bonchev–Trinajstić information content (AvgIpc) is 2.87. The number of hydrogen-bond acceptors (Lipinski definition) is 3. The zero-order chi connectivity index (χ0) is 21.1. The molecular weight excluding hydrogens is 398 g/mol. The number of fused-ring (bicyclic) bond motifs is 1. The van der Waals surface area contributed by atoms with E-state index in [0.717, 1.165) is 23.2 Å². The SMILES string of the molecule is Cc1ccccc1NC(=O)N1CC[C@@H]2CN(CCc3ccccc3)S(=O)(=O)[C@@H]2CC1. The molecule has 0 spiro atoms. The van der Waals surface area contributed by atoms with Crippen LogP contribution in [0.5, 0.6) is 0 Å². The van der Waals surface area contributed by atoms with Crippen molar-refractivity contribution < 1.29 is 13.2 Å². The first-order valence-electron chi connectivity index (χ1n) is 10.6. The summed E-state index contributed by atoms with van der Waals surface area (Å²) in [7, 11) is -3.32. The van der Waals surface area contributed by atoms with Crippen molar-refractivity contribution in [3.8, 4) is 0 Å². The topological polar surface area (TPSA) is 69.7 Å². The number of rotatable bonds is 4. The van der Waals surface area contributed by atoms with Crippen LogP contribution in [-0.4, -0.2) is 55.1 Å². The Hall–Kier alpha value is -2.38. The third kappa shape index (κ3) is 4.37. The molecule has 2 aromatic rings. The molecule has 1 N–H and O–H groups in total. The summed E-state index contributed by atoms with van der Waals surface area (Å²) in [5.74, 6) is 0.0852. The molecule has 7 heteroatoms. The Balaban J connectivity index is 1.37. The maximum absolute atomic E-state index is 13.1. The maximum atomic E-state index is 13.1. The fraction of sp³-hybridized carbons (Fsp3) is 0.435. The smallest absolute Gasteiger partial charge is 0.321 e. The lowest BCUT2D eigenvalue weighted by Gasteiger charge is -2.23. The van der Waals surface area contributed by atoms with E-state index in [4.69, 9.17) is 0 Å². The van der Waals surface area contributed by atoms with Crippen LogP contribution >= 0.6 is 0 Å². The first-order chi connectivity index (χ1) is 14.4. The first-order valence-corrected chi connectivity index (χ1v) is 12.1. The summed E-state index contributed by atoms with van der Waals surface area (Å²) in [6.07, 6.45) is 1.94.